The summed E-state index contributed by atoms with van der Waals surface area (Å²) in [5.74, 6) is 3.13. The second-order valence-corrected chi connectivity index (χ2v) is 6.81. The molecule has 1 fully saturated rings. The normalized spacial score (nSPS) is 26.6. The van der Waals surface area contributed by atoms with E-state index in [-0.39, 0.29) is 0 Å². The largest absolute Gasteiger partial charge is 0.376 e. The summed E-state index contributed by atoms with van der Waals surface area (Å²) in [4.78, 5) is 9.35. The fourth-order valence-corrected chi connectivity index (χ4v) is 3.69. The molecule has 1 aromatic heterocycles. The molecule has 0 unspecified atom stereocenters. The third-order valence-electron chi connectivity index (χ3n) is 4.87. The van der Waals surface area contributed by atoms with Crippen LogP contribution >= 0.6 is 11.6 Å². The van der Waals surface area contributed by atoms with E-state index in [1.807, 2.05) is 0 Å². The minimum atomic E-state index is 0.496. The number of hydrogen-bond donors (Lipinski definition) is 0. The van der Waals surface area contributed by atoms with E-state index in [0.717, 1.165) is 41.9 Å². The van der Waals surface area contributed by atoms with E-state index in [4.69, 9.17) is 21.3 Å². The van der Waals surface area contributed by atoms with Gasteiger partial charge < -0.3 is 4.74 Å². The lowest BCUT2D eigenvalue weighted by Crippen LogP contribution is -2.21. The molecule has 0 saturated heterocycles. The predicted molar refractivity (Wildman–Crippen MR) is 79.9 cm³/mol. The Morgan fingerprint density at radius 3 is 2.60 bits per heavy atom. The second kappa shape index (κ2) is 5.98. The fraction of sp³-hybridized carbons (Fsp3) is 0.750. The molecule has 0 spiro atoms. The van der Waals surface area contributed by atoms with E-state index in [9.17, 15) is 0 Å². The first-order valence-electron chi connectivity index (χ1n) is 7.78. The third kappa shape index (κ3) is 2.84. The van der Waals surface area contributed by atoms with Gasteiger partial charge in [0.15, 0.2) is 0 Å². The lowest BCUT2D eigenvalue weighted by Gasteiger charge is -2.30. The molecule has 1 saturated carbocycles. The molecule has 0 radical (unpaired) electrons. The van der Waals surface area contributed by atoms with Crippen molar-refractivity contribution in [3.63, 3.8) is 0 Å². The Balaban J connectivity index is 1.76. The van der Waals surface area contributed by atoms with Crippen molar-refractivity contribution in [3.8, 4) is 0 Å². The molecular weight excluding hydrogens is 272 g/mol. The van der Waals surface area contributed by atoms with Gasteiger partial charge in [-0.05, 0) is 37.5 Å². The van der Waals surface area contributed by atoms with E-state index in [1.165, 1.54) is 25.7 Å². The predicted octanol–water partition coefficient (Wildman–Crippen LogP) is 4.13. The summed E-state index contributed by atoms with van der Waals surface area (Å²) >= 11 is 6.31. The van der Waals surface area contributed by atoms with Gasteiger partial charge in [-0.2, -0.15) is 0 Å². The number of aromatic nitrogens is 2. The standard InChI is InChI=1S/C16H23ClN2O/c1-10(2)11-3-5-12(6-4-11)16-18-14-7-8-20-9-13(14)15(17)19-16/h10-12H,3-9H2,1-2H3. The first kappa shape index (κ1) is 14.3. The highest BCUT2D eigenvalue weighted by atomic mass is 35.5. The van der Waals surface area contributed by atoms with Crippen LogP contribution in [0.25, 0.3) is 0 Å². The minimum Gasteiger partial charge on any atom is -0.376 e. The molecule has 0 atom stereocenters. The highest BCUT2D eigenvalue weighted by Crippen LogP contribution is 2.38. The van der Waals surface area contributed by atoms with E-state index in [1.54, 1.807) is 0 Å². The lowest BCUT2D eigenvalue weighted by atomic mass is 9.76. The van der Waals surface area contributed by atoms with E-state index >= 15 is 0 Å². The summed E-state index contributed by atoms with van der Waals surface area (Å²) in [6.45, 7) is 5.98. The molecule has 0 amide bonds. The zero-order chi connectivity index (χ0) is 14.1. The quantitative estimate of drug-likeness (QED) is 0.769. The number of halogens is 1. The van der Waals surface area contributed by atoms with Gasteiger partial charge in [-0.25, -0.2) is 9.97 Å². The van der Waals surface area contributed by atoms with Crippen LogP contribution in [0.1, 0.15) is 62.5 Å². The average molecular weight is 295 g/mol. The summed E-state index contributed by atoms with van der Waals surface area (Å²) in [5, 5.41) is 0.607. The van der Waals surface area contributed by atoms with Crippen LogP contribution in [0.5, 0.6) is 0 Å². The van der Waals surface area contributed by atoms with Crippen LogP contribution in [-0.4, -0.2) is 16.6 Å². The van der Waals surface area contributed by atoms with Gasteiger partial charge in [0.2, 0.25) is 0 Å². The van der Waals surface area contributed by atoms with E-state index in [2.05, 4.69) is 18.8 Å². The number of ether oxygens (including phenoxy) is 1. The number of hydrogen-bond acceptors (Lipinski definition) is 3. The Labute approximate surface area is 126 Å². The van der Waals surface area contributed by atoms with Gasteiger partial charge in [0, 0.05) is 17.9 Å². The van der Waals surface area contributed by atoms with Gasteiger partial charge in [-0.1, -0.05) is 25.4 Å². The Morgan fingerprint density at radius 1 is 1.15 bits per heavy atom. The molecular formula is C16H23ClN2O. The van der Waals surface area contributed by atoms with Crippen molar-refractivity contribution in [3.05, 3.63) is 22.2 Å². The van der Waals surface area contributed by atoms with Crippen LogP contribution in [0.4, 0.5) is 0 Å². The maximum Gasteiger partial charge on any atom is 0.138 e. The molecule has 20 heavy (non-hydrogen) atoms. The SMILES string of the molecule is CC(C)C1CCC(c2nc(Cl)c3c(n2)CCOC3)CC1. The van der Waals surface area contributed by atoms with Gasteiger partial charge >= 0.3 is 0 Å². The van der Waals surface area contributed by atoms with Gasteiger partial charge in [-0.15, -0.1) is 0 Å². The van der Waals surface area contributed by atoms with Crippen molar-refractivity contribution in [2.24, 2.45) is 11.8 Å². The highest BCUT2D eigenvalue weighted by molar-refractivity contribution is 6.30. The first-order chi connectivity index (χ1) is 9.65. The highest BCUT2D eigenvalue weighted by Gasteiger charge is 2.27. The monoisotopic (exact) mass is 294 g/mol. The molecule has 1 aliphatic heterocycles. The lowest BCUT2D eigenvalue weighted by molar-refractivity contribution is 0.108. The number of rotatable bonds is 2. The molecule has 1 aromatic rings. The molecule has 3 rings (SSSR count). The summed E-state index contributed by atoms with van der Waals surface area (Å²) in [5.41, 5.74) is 2.11. The minimum absolute atomic E-state index is 0.496. The average Bonchev–Trinajstić information content (AvgIpc) is 2.47. The van der Waals surface area contributed by atoms with Crippen LogP contribution in [-0.2, 0) is 17.8 Å². The molecule has 2 aliphatic rings. The van der Waals surface area contributed by atoms with Gasteiger partial charge in [0.25, 0.3) is 0 Å². The number of nitrogens with zero attached hydrogens (tertiary/aromatic N) is 2. The third-order valence-corrected chi connectivity index (χ3v) is 5.18. The Morgan fingerprint density at radius 2 is 1.90 bits per heavy atom. The van der Waals surface area contributed by atoms with Crippen molar-refractivity contribution >= 4 is 11.6 Å². The summed E-state index contributed by atoms with van der Waals surface area (Å²) in [6.07, 6.45) is 5.86. The molecule has 0 N–H and O–H groups in total. The zero-order valence-electron chi connectivity index (χ0n) is 12.4. The molecule has 0 aromatic carbocycles. The van der Waals surface area contributed by atoms with Crippen LogP contribution in [0.2, 0.25) is 5.15 Å². The smallest absolute Gasteiger partial charge is 0.138 e. The van der Waals surface area contributed by atoms with Gasteiger partial charge in [0.05, 0.1) is 18.9 Å². The van der Waals surface area contributed by atoms with Crippen molar-refractivity contribution in [1.29, 1.82) is 0 Å². The van der Waals surface area contributed by atoms with E-state index in [0.29, 0.717) is 17.7 Å². The molecule has 2 heterocycles. The number of fused-ring (bicyclic) bond motifs is 1. The van der Waals surface area contributed by atoms with E-state index < -0.39 is 0 Å². The Kier molecular flexibility index (Phi) is 4.27. The van der Waals surface area contributed by atoms with Crippen LogP contribution in [0.3, 0.4) is 0 Å². The van der Waals surface area contributed by atoms with Crippen molar-refractivity contribution in [2.75, 3.05) is 6.61 Å². The topological polar surface area (TPSA) is 35.0 Å². The van der Waals surface area contributed by atoms with Crippen LogP contribution in [0, 0.1) is 11.8 Å². The molecule has 110 valence electrons. The van der Waals surface area contributed by atoms with Crippen LogP contribution in [0.15, 0.2) is 0 Å². The Bertz CT molecular complexity index is 482. The summed E-state index contributed by atoms with van der Waals surface area (Å²) < 4.78 is 5.44. The second-order valence-electron chi connectivity index (χ2n) is 6.46. The van der Waals surface area contributed by atoms with Crippen molar-refractivity contribution in [1.82, 2.24) is 9.97 Å². The Hall–Kier alpha value is -0.670. The molecule has 4 heteroatoms. The fourth-order valence-electron chi connectivity index (χ4n) is 3.44. The van der Waals surface area contributed by atoms with Crippen molar-refractivity contribution < 1.29 is 4.74 Å². The van der Waals surface area contributed by atoms with Crippen LogP contribution < -0.4 is 0 Å². The maximum absolute atomic E-state index is 6.31. The maximum atomic E-state index is 6.31. The van der Waals surface area contributed by atoms with Crippen molar-refractivity contribution in [2.45, 2.75) is 58.5 Å². The zero-order valence-corrected chi connectivity index (χ0v) is 13.1. The first-order valence-corrected chi connectivity index (χ1v) is 8.16. The molecule has 0 bridgehead atoms. The van der Waals surface area contributed by atoms with Gasteiger partial charge in [-0.3, -0.25) is 0 Å². The van der Waals surface area contributed by atoms with Gasteiger partial charge in [0.1, 0.15) is 11.0 Å². The summed E-state index contributed by atoms with van der Waals surface area (Å²) in [7, 11) is 0. The molecule has 1 aliphatic carbocycles. The molecule has 3 nitrogen and oxygen atoms in total. The summed E-state index contributed by atoms with van der Waals surface area (Å²) in [6, 6.07) is 0.